The Morgan fingerprint density at radius 3 is 1.25 bits per heavy atom. The van der Waals surface area contributed by atoms with Crippen LogP contribution in [0.25, 0.3) is 0 Å². The van der Waals surface area contributed by atoms with Gasteiger partial charge in [0.1, 0.15) is 49.0 Å². The number of halogens is 2. The third kappa shape index (κ3) is 5.40. The summed E-state index contributed by atoms with van der Waals surface area (Å²) < 4.78 is 10.2. The van der Waals surface area contributed by atoms with Crippen LogP contribution in [-0.4, -0.2) is 9.13 Å². The van der Waals surface area contributed by atoms with Crippen LogP contribution >= 0.6 is 0 Å². The van der Waals surface area contributed by atoms with Crippen LogP contribution < -0.4 is 43.1 Å². The van der Waals surface area contributed by atoms with E-state index in [0.29, 0.717) is 11.1 Å². The van der Waals surface area contributed by atoms with Gasteiger partial charge in [-0.1, -0.05) is 32.9 Å². The molecule has 3 aromatic rings. The highest BCUT2D eigenvalue weighted by molar-refractivity contribution is 5.33. The Morgan fingerprint density at radius 1 is 0.591 bits per heavy atom. The molecule has 44 heavy (non-hydrogen) atoms. The molecule has 0 unspecified atom stereocenters. The van der Waals surface area contributed by atoms with E-state index in [-0.39, 0.29) is 39.4 Å². The quantitative estimate of drug-likeness (QED) is 0.340. The summed E-state index contributed by atoms with van der Waals surface area (Å²) in [4.78, 5) is 0. The third-order valence-electron chi connectivity index (χ3n) is 13.1. The highest BCUT2D eigenvalue weighted by Gasteiger charge is 2.55. The molecule has 8 bridgehead atoms. The van der Waals surface area contributed by atoms with Gasteiger partial charge in [-0.3, -0.25) is 0 Å². The molecule has 2 aromatic heterocycles. The molecule has 1 aromatic carbocycles. The lowest BCUT2D eigenvalue weighted by atomic mass is 9.53. The smallest absolute Gasteiger partial charge is 0.244 e. The van der Waals surface area contributed by atoms with Crippen molar-refractivity contribution in [3.8, 4) is 0 Å². The van der Waals surface area contributed by atoms with Crippen molar-refractivity contribution in [2.24, 2.45) is 35.5 Å². The maximum Gasteiger partial charge on any atom is 0.244 e. The average molecular weight is 725 g/mol. The lowest BCUT2D eigenvalue weighted by Gasteiger charge is -2.54. The summed E-state index contributed by atoms with van der Waals surface area (Å²) in [5, 5.41) is 0. The number of imidazole rings is 2. The van der Waals surface area contributed by atoms with E-state index in [0.717, 1.165) is 48.6 Å². The largest absolute Gasteiger partial charge is 1.00 e. The first-order chi connectivity index (χ1) is 20.2. The van der Waals surface area contributed by atoms with Gasteiger partial charge in [-0.25, -0.2) is 18.3 Å². The first-order valence-electron chi connectivity index (χ1n) is 17.5. The summed E-state index contributed by atoms with van der Waals surface area (Å²) in [7, 11) is 0. The van der Waals surface area contributed by atoms with Gasteiger partial charge in [0.05, 0.1) is 0 Å². The molecule has 6 heteroatoms. The Labute approximate surface area is 286 Å². The lowest BCUT2D eigenvalue weighted by molar-refractivity contribution is -0.689. The molecular formula is C38H52Br2N4. The van der Waals surface area contributed by atoms with E-state index in [1.54, 1.807) is 0 Å². The molecular weight excluding hydrogens is 672 g/mol. The van der Waals surface area contributed by atoms with Gasteiger partial charge in [0.25, 0.3) is 0 Å². The molecule has 11 rings (SSSR count). The molecule has 2 heterocycles. The van der Waals surface area contributed by atoms with E-state index in [1.165, 1.54) is 93.7 Å². The molecule has 0 atom stereocenters. The van der Waals surface area contributed by atoms with E-state index in [9.17, 15) is 0 Å². The molecule has 8 aliphatic carbocycles. The fraction of sp³-hybridized carbons (Fsp3) is 0.684. The first-order valence-corrected chi connectivity index (χ1v) is 17.5. The highest BCUT2D eigenvalue weighted by Crippen LogP contribution is 2.59. The van der Waals surface area contributed by atoms with Crippen LogP contribution in [0.5, 0.6) is 0 Å². The van der Waals surface area contributed by atoms with Crippen molar-refractivity contribution >= 4 is 0 Å². The fourth-order valence-corrected chi connectivity index (χ4v) is 12.1. The molecule has 0 radical (unpaired) electrons. The monoisotopic (exact) mass is 722 g/mol. The summed E-state index contributed by atoms with van der Waals surface area (Å²) in [6, 6.07) is 7.44. The number of benzene rings is 1. The normalized spacial score (nSPS) is 36.3. The molecule has 238 valence electrons. The van der Waals surface area contributed by atoms with Crippen LogP contribution in [0.2, 0.25) is 0 Å². The minimum atomic E-state index is 0. The van der Waals surface area contributed by atoms with Gasteiger partial charge < -0.3 is 34.0 Å². The lowest BCUT2D eigenvalue weighted by Crippen LogP contribution is -3.00. The van der Waals surface area contributed by atoms with E-state index in [1.807, 2.05) is 0 Å². The van der Waals surface area contributed by atoms with E-state index < -0.39 is 0 Å². The maximum atomic E-state index is 2.65. The Kier molecular flexibility index (Phi) is 7.87. The van der Waals surface area contributed by atoms with Gasteiger partial charge in [0.2, 0.25) is 12.7 Å². The van der Waals surface area contributed by atoms with Crippen molar-refractivity contribution in [1.29, 1.82) is 0 Å². The van der Waals surface area contributed by atoms with Gasteiger partial charge in [-0.2, -0.15) is 0 Å². The standard InChI is InChI=1S/C38H52N4.2BrH/c1-36(2,3)35-15-33(23-39-4-6-41(25-39)37-17-27-8-28(18-37)10-29(9-27)19-37)14-34(16-35)24-40-5-7-42(26-40)38-20-30-11-31(21-38)13-32(12-30)22-38;;/h4-7,14-16,25-32H,8-13,17-24H2,1-3H3;2*1H/q+2;;/p-2. The molecule has 0 spiro atoms. The Hall–Kier alpha value is -1.40. The minimum Gasteiger partial charge on any atom is -1.00 e. The van der Waals surface area contributed by atoms with E-state index in [2.05, 4.69) is 94.7 Å². The number of hydrogen-bond acceptors (Lipinski definition) is 0. The Balaban J connectivity index is 0.00000156. The summed E-state index contributed by atoms with van der Waals surface area (Å²) in [6.45, 7) is 9.00. The zero-order valence-corrected chi connectivity index (χ0v) is 30.3. The van der Waals surface area contributed by atoms with Crippen molar-refractivity contribution in [3.05, 3.63) is 72.3 Å². The van der Waals surface area contributed by atoms with Crippen LogP contribution in [0.1, 0.15) is 115 Å². The molecule has 0 N–H and O–H groups in total. The number of hydrogen-bond donors (Lipinski definition) is 0. The average Bonchev–Trinajstić information content (AvgIpc) is 3.57. The van der Waals surface area contributed by atoms with Gasteiger partial charge in [0.15, 0.2) is 0 Å². The molecule has 8 saturated carbocycles. The predicted molar refractivity (Wildman–Crippen MR) is 165 cm³/mol. The predicted octanol–water partition coefficient (Wildman–Crippen LogP) is 1.12. The Morgan fingerprint density at radius 2 is 0.932 bits per heavy atom. The molecule has 4 nitrogen and oxygen atoms in total. The number of rotatable bonds is 6. The molecule has 0 saturated heterocycles. The Bertz CT molecular complexity index is 1340. The SMILES string of the molecule is CC(C)(C)c1cc(C[n+]2ccn(C34CC5CC(CC(C5)C3)C4)c2)cc(C[n+]2ccn(C34CC5CC(CC(C5)C3)C4)c2)c1.[Br-].[Br-]. The van der Waals surface area contributed by atoms with Crippen LogP contribution in [-0.2, 0) is 29.6 Å². The van der Waals surface area contributed by atoms with Crippen molar-refractivity contribution in [2.45, 2.75) is 127 Å². The van der Waals surface area contributed by atoms with Crippen molar-refractivity contribution < 1.29 is 43.1 Å². The second-order valence-electron chi connectivity index (χ2n) is 17.6. The van der Waals surface area contributed by atoms with Crippen molar-refractivity contribution in [3.63, 3.8) is 0 Å². The van der Waals surface area contributed by atoms with Gasteiger partial charge >= 0.3 is 0 Å². The van der Waals surface area contributed by atoms with Crippen LogP contribution in [0.3, 0.4) is 0 Å². The molecule has 8 aliphatic rings. The van der Waals surface area contributed by atoms with Gasteiger partial charge in [0, 0.05) is 0 Å². The summed E-state index contributed by atoms with van der Waals surface area (Å²) >= 11 is 0. The third-order valence-corrected chi connectivity index (χ3v) is 13.1. The zero-order chi connectivity index (χ0) is 28.3. The van der Waals surface area contributed by atoms with E-state index in [4.69, 9.17) is 0 Å². The molecule has 0 amide bonds. The van der Waals surface area contributed by atoms with Crippen LogP contribution in [0.4, 0.5) is 0 Å². The van der Waals surface area contributed by atoms with Gasteiger partial charge in [-0.15, -0.1) is 0 Å². The second-order valence-corrected chi connectivity index (χ2v) is 17.6. The highest BCUT2D eigenvalue weighted by atomic mass is 79.9. The molecule has 8 fully saturated rings. The maximum absolute atomic E-state index is 2.65. The number of aromatic nitrogens is 4. The zero-order valence-electron chi connectivity index (χ0n) is 27.1. The first kappa shape index (κ1) is 31.2. The van der Waals surface area contributed by atoms with Crippen LogP contribution in [0.15, 0.2) is 55.6 Å². The minimum absolute atomic E-state index is 0. The molecule has 0 aliphatic heterocycles. The van der Waals surface area contributed by atoms with Gasteiger partial charge in [-0.05, 0) is 141 Å². The fourth-order valence-electron chi connectivity index (χ4n) is 12.1. The van der Waals surface area contributed by atoms with Crippen molar-refractivity contribution in [2.75, 3.05) is 0 Å². The second kappa shape index (κ2) is 11.1. The number of nitrogens with zero attached hydrogens (tertiary/aromatic N) is 4. The van der Waals surface area contributed by atoms with Crippen LogP contribution in [0, 0.1) is 35.5 Å². The summed E-state index contributed by atoms with van der Waals surface area (Å²) in [5.74, 6) is 5.88. The summed E-state index contributed by atoms with van der Waals surface area (Å²) in [5.41, 5.74) is 5.27. The topological polar surface area (TPSA) is 17.6 Å². The van der Waals surface area contributed by atoms with E-state index >= 15 is 0 Å². The summed E-state index contributed by atoms with van der Waals surface area (Å²) in [6.07, 6.45) is 32.0. The van der Waals surface area contributed by atoms with Crippen molar-refractivity contribution in [1.82, 2.24) is 9.13 Å².